The molecule has 1 rings (SSSR count). The minimum Gasteiger partial charge on any atom is -0.366 e. The van der Waals surface area contributed by atoms with Crippen molar-refractivity contribution in [3.63, 3.8) is 0 Å². The first-order chi connectivity index (χ1) is 6.60. The van der Waals surface area contributed by atoms with E-state index in [1.54, 1.807) is 0 Å². The molecule has 0 spiro atoms. The predicted octanol–water partition coefficient (Wildman–Crippen LogP) is 1.07. The summed E-state index contributed by atoms with van der Waals surface area (Å²) in [5.41, 5.74) is 5.80. The van der Waals surface area contributed by atoms with Crippen LogP contribution in [0.5, 0.6) is 0 Å². The van der Waals surface area contributed by atoms with Crippen LogP contribution in [0.25, 0.3) is 0 Å². The molecule has 70 valence electrons. The fraction of sp³-hybridized carbons (Fsp3) is 0. The molecule has 0 saturated carbocycles. The second kappa shape index (κ2) is 4.19. The van der Waals surface area contributed by atoms with E-state index in [4.69, 9.17) is 11.0 Å². The molecule has 0 aliphatic heterocycles. The van der Waals surface area contributed by atoms with Gasteiger partial charge in [-0.05, 0) is 34.7 Å². The summed E-state index contributed by atoms with van der Waals surface area (Å²) in [6.07, 6.45) is 0.592. The molecule has 0 aliphatic rings. The van der Waals surface area contributed by atoms with Gasteiger partial charge in [-0.2, -0.15) is 5.26 Å². The fourth-order valence-corrected chi connectivity index (χ4v) is 1.52. The highest BCUT2D eigenvalue weighted by atomic mass is 127. The predicted molar refractivity (Wildman–Crippen MR) is 57.8 cm³/mol. The molecule has 0 radical (unpaired) electrons. The van der Waals surface area contributed by atoms with Gasteiger partial charge in [-0.15, -0.1) is 0 Å². The molecule has 0 aliphatic carbocycles. The molecule has 14 heavy (non-hydrogen) atoms. The molecule has 0 saturated heterocycles. The van der Waals surface area contributed by atoms with Crippen molar-refractivity contribution in [2.45, 2.75) is 0 Å². The summed E-state index contributed by atoms with van der Waals surface area (Å²) in [4.78, 5) is 21.4. The van der Waals surface area contributed by atoms with Gasteiger partial charge in [0.2, 0.25) is 5.91 Å². The normalized spacial score (nSPS) is 9.14. The maximum Gasteiger partial charge on any atom is 0.248 e. The van der Waals surface area contributed by atoms with Crippen molar-refractivity contribution in [2.24, 2.45) is 5.73 Å². The lowest BCUT2D eigenvalue weighted by Crippen LogP contribution is -2.12. The molecule has 1 aromatic carbocycles. The van der Waals surface area contributed by atoms with E-state index >= 15 is 0 Å². The zero-order valence-corrected chi connectivity index (χ0v) is 9.11. The summed E-state index contributed by atoms with van der Waals surface area (Å²) < 4.78 is 0.533. The molecule has 4 nitrogen and oxygen atoms in total. The Labute approximate surface area is 93.8 Å². The van der Waals surface area contributed by atoms with Crippen molar-refractivity contribution >= 4 is 34.8 Å². The highest BCUT2D eigenvalue weighted by Gasteiger charge is 2.10. The number of nitriles is 1. The number of halogens is 1. The van der Waals surface area contributed by atoms with E-state index < -0.39 is 5.91 Å². The average molecular weight is 300 g/mol. The van der Waals surface area contributed by atoms with Crippen molar-refractivity contribution in [1.82, 2.24) is 0 Å². The number of aldehydes is 1. The first-order valence-corrected chi connectivity index (χ1v) is 4.66. The van der Waals surface area contributed by atoms with Crippen LogP contribution in [0.2, 0.25) is 0 Å². The summed E-state index contributed by atoms with van der Waals surface area (Å²) in [6.45, 7) is 0. The number of benzene rings is 1. The molecule has 0 heterocycles. The summed E-state index contributed by atoms with van der Waals surface area (Å²) in [6, 6.07) is 4.64. The minimum absolute atomic E-state index is 0.170. The van der Waals surface area contributed by atoms with Crippen LogP contribution in [-0.4, -0.2) is 12.2 Å². The topological polar surface area (TPSA) is 83.9 Å². The second-order valence-electron chi connectivity index (χ2n) is 2.52. The van der Waals surface area contributed by atoms with E-state index in [0.29, 0.717) is 15.4 Å². The third kappa shape index (κ3) is 1.90. The Bertz CT molecular complexity index is 449. The zero-order chi connectivity index (χ0) is 10.7. The first kappa shape index (κ1) is 10.7. The van der Waals surface area contributed by atoms with Gasteiger partial charge in [-0.25, -0.2) is 0 Å². The van der Waals surface area contributed by atoms with Gasteiger partial charge in [0.25, 0.3) is 0 Å². The Hall–Kier alpha value is -1.42. The van der Waals surface area contributed by atoms with Gasteiger partial charge >= 0.3 is 0 Å². The van der Waals surface area contributed by atoms with E-state index in [2.05, 4.69) is 0 Å². The number of rotatable bonds is 2. The second-order valence-corrected chi connectivity index (χ2v) is 3.60. The van der Waals surface area contributed by atoms with Crippen LogP contribution in [0.4, 0.5) is 0 Å². The number of hydrogen-bond acceptors (Lipinski definition) is 3. The van der Waals surface area contributed by atoms with Crippen LogP contribution in [0.3, 0.4) is 0 Å². The molecule has 0 aromatic heterocycles. The van der Waals surface area contributed by atoms with E-state index in [-0.39, 0.29) is 11.1 Å². The average Bonchev–Trinajstić information content (AvgIpc) is 2.17. The first-order valence-electron chi connectivity index (χ1n) is 3.58. The van der Waals surface area contributed by atoms with Crippen LogP contribution in [-0.2, 0) is 0 Å². The van der Waals surface area contributed by atoms with Gasteiger partial charge in [0.05, 0.1) is 5.56 Å². The Morgan fingerprint density at radius 2 is 2.21 bits per heavy atom. The Balaban J connectivity index is 3.49. The number of nitrogens with two attached hydrogens (primary N) is 1. The lowest BCUT2D eigenvalue weighted by molar-refractivity contribution is 0.1000. The molecular weight excluding hydrogens is 295 g/mol. The lowest BCUT2D eigenvalue weighted by atomic mass is 10.1. The van der Waals surface area contributed by atoms with Crippen molar-refractivity contribution in [3.05, 3.63) is 32.4 Å². The molecular formula is C9H5IN2O2. The fourth-order valence-electron chi connectivity index (χ4n) is 0.956. The molecule has 0 fully saturated rings. The van der Waals surface area contributed by atoms with Gasteiger partial charge < -0.3 is 5.73 Å². The van der Waals surface area contributed by atoms with Crippen LogP contribution >= 0.6 is 22.6 Å². The lowest BCUT2D eigenvalue weighted by Gasteiger charge is -2.02. The third-order valence-electron chi connectivity index (χ3n) is 1.63. The highest BCUT2D eigenvalue weighted by Crippen LogP contribution is 2.17. The van der Waals surface area contributed by atoms with Crippen molar-refractivity contribution in [3.8, 4) is 6.07 Å². The maximum absolute atomic E-state index is 10.8. The van der Waals surface area contributed by atoms with E-state index in [1.165, 1.54) is 12.1 Å². The molecule has 2 N–H and O–H groups in total. The number of hydrogen-bond donors (Lipinski definition) is 1. The SMILES string of the molecule is N#Cc1cc(C(N)=O)cc(C=O)c1I. The molecule has 1 aromatic rings. The highest BCUT2D eigenvalue weighted by molar-refractivity contribution is 14.1. The minimum atomic E-state index is -0.652. The van der Waals surface area contributed by atoms with Gasteiger partial charge in [0.1, 0.15) is 6.07 Å². The molecule has 0 bridgehead atoms. The smallest absolute Gasteiger partial charge is 0.248 e. The van der Waals surface area contributed by atoms with Gasteiger partial charge in [0, 0.05) is 14.7 Å². The number of carbonyl (C=O) groups excluding carboxylic acids is 2. The number of primary amides is 1. The van der Waals surface area contributed by atoms with Crippen molar-refractivity contribution in [2.75, 3.05) is 0 Å². The largest absolute Gasteiger partial charge is 0.366 e. The van der Waals surface area contributed by atoms with Crippen LogP contribution in [0, 0.1) is 14.9 Å². The molecule has 5 heteroatoms. The van der Waals surface area contributed by atoms with Crippen molar-refractivity contribution < 1.29 is 9.59 Å². The molecule has 1 amide bonds. The van der Waals surface area contributed by atoms with Gasteiger partial charge in [0.15, 0.2) is 6.29 Å². The number of nitrogens with zero attached hydrogens (tertiary/aromatic N) is 1. The monoisotopic (exact) mass is 300 g/mol. The van der Waals surface area contributed by atoms with Gasteiger partial charge in [-0.1, -0.05) is 0 Å². The van der Waals surface area contributed by atoms with E-state index in [1.807, 2.05) is 28.7 Å². The molecule has 0 atom stereocenters. The summed E-state index contributed by atoms with van der Waals surface area (Å²) in [7, 11) is 0. The quantitative estimate of drug-likeness (QED) is 0.655. The van der Waals surface area contributed by atoms with Gasteiger partial charge in [-0.3, -0.25) is 9.59 Å². The van der Waals surface area contributed by atoms with E-state index in [0.717, 1.165) is 0 Å². The van der Waals surface area contributed by atoms with E-state index in [9.17, 15) is 9.59 Å². The third-order valence-corrected chi connectivity index (χ3v) is 2.84. The van der Waals surface area contributed by atoms with Crippen LogP contribution in [0.15, 0.2) is 12.1 Å². The Kier molecular flexibility index (Phi) is 3.19. The Morgan fingerprint density at radius 3 is 2.64 bits per heavy atom. The number of amides is 1. The summed E-state index contributed by atoms with van der Waals surface area (Å²) >= 11 is 1.88. The standard InChI is InChI=1S/C9H5IN2O2/c10-8-6(3-11)1-5(9(12)14)2-7(8)4-13/h1-2,4H,(H2,12,14). The zero-order valence-electron chi connectivity index (χ0n) is 6.95. The van der Waals surface area contributed by atoms with Crippen molar-refractivity contribution in [1.29, 1.82) is 5.26 Å². The molecule has 0 unspecified atom stereocenters. The number of carbonyl (C=O) groups is 2. The summed E-state index contributed by atoms with van der Waals surface area (Å²) in [5, 5.41) is 8.72. The Morgan fingerprint density at radius 1 is 1.57 bits per heavy atom. The van der Waals surface area contributed by atoms with Crippen LogP contribution < -0.4 is 5.73 Å². The maximum atomic E-state index is 10.8. The van der Waals surface area contributed by atoms with Crippen LogP contribution in [0.1, 0.15) is 26.3 Å². The summed E-state index contributed by atoms with van der Waals surface area (Å²) in [5.74, 6) is -0.652.